The van der Waals surface area contributed by atoms with Crippen LogP contribution in [0.2, 0.25) is 13.1 Å². The summed E-state index contributed by atoms with van der Waals surface area (Å²) < 4.78 is 0. The van der Waals surface area contributed by atoms with Crippen molar-refractivity contribution in [1.29, 1.82) is 0 Å². The molecule has 2 aliphatic rings. The zero-order valence-electron chi connectivity index (χ0n) is 21.8. The van der Waals surface area contributed by atoms with Gasteiger partial charge in [0, 0.05) is 5.54 Å². The fraction of sp³-hybridized carbons (Fsp3) is 0.419. The fourth-order valence-corrected chi connectivity index (χ4v) is 11.5. The zero-order chi connectivity index (χ0) is 23.5. The van der Waals surface area contributed by atoms with Gasteiger partial charge in [0.25, 0.3) is 0 Å². The Morgan fingerprint density at radius 2 is 1.53 bits per heavy atom. The normalized spacial score (nSPS) is 21.0. The first-order chi connectivity index (χ1) is 15.0. The van der Waals surface area contributed by atoms with Crippen LogP contribution >= 0.6 is 0 Å². The first-order valence-corrected chi connectivity index (χ1v) is 15.4. The van der Waals surface area contributed by atoms with Crippen molar-refractivity contribution in [2.75, 3.05) is 0 Å². The van der Waals surface area contributed by atoms with Crippen molar-refractivity contribution in [3.8, 4) is 0 Å². The van der Waals surface area contributed by atoms with E-state index in [1.807, 2.05) is 0 Å². The minimum atomic E-state index is -1.86. The highest BCUT2D eigenvalue weighted by molar-refractivity contribution is 6.87. The van der Waals surface area contributed by atoms with Crippen LogP contribution < -0.4 is 0 Å². The number of fused-ring (bicyclic) bond motifs is 1. The van der Waals surface area contributed by atoms with Gasteiger partial charge in [0.05, 0.1) is 8.07 Å². The molecule has 0 fully saturated rings. The Hall–Kier alpha value is -2.12. The van der Waals surface area contributed by atoms with E-state index < -0.39 is 8.07 Å². The van der Waals surface area contributed by atoms with Gasteiger partial charge in [0.1, 0.15) is 0 Å². The van der Waals surface area contributed by atoms with Crippen LogP contribution in [0.5, 0.6) is 0 Å². The van der Waals surface area contributed by atoms with Crippen molar-refractivity contribution in [3.63, 3.8) is 0 Å². The Bertz CT molecular complexity index is 1180. The summed E-state index contributed by atoms with van der Waals surface area (Å²) in [6, 6.07) is 14.0. The molecule has 2 atom stereocenters. The van der Waals surface area contributed by atoms with Crippen LogP contribution in [0.1, 0.15) is 86.4 Å². The number of allylic oxidation sites excluding steroid dienone is 5. The molecule has 32 heavy (non-hydrogen) atoms. The van der Waals surface area contributed by atoms with E-state index in [2.05, 4.69) is 111 Å². The SMILES string of the molecule is CC1=C(C)C(C)C([Si](C)(C)C2C(c3cc(C)cc(C(C)C)c3C)=Cc3ccccc32)=C1C. The molecule has 2 aromatic rings. The topological polar surface area (TPSA) is 0 Å². The first-order valence-electron chi connectivity index (χ1n) is 12.3. The molecule has 0 bridgehead atoms. The van der Waals surface area contributed by atoms with Crippen LogP contribution in [0.3, 0.4) is 0 Å². The van der Waals surface area contributed by atoms with Gasteiger partial charge in [0.15, 0.2) is 0 Å². The molecule has 2 aromatic carbocycles. The molecule has 0 aliphatic heterocycles. The maximum Gasteiger partial charge on any atom is 0.0888 e. The lowest BCUT2D eigenvalue weighted by atomic mass is 9.88. The van der Waals surface area contributed by atoms with Crippen LogP contribution in [0.15, 0.2) is 58.3 Å². The predicted octanol–water partition coefficient (Wildman–Crippen LogP) is 9.15. The van der Waals surface area contributed by atoms with Gasteiger partial charge < -0.3 is 0 Å². The molecule has 168 valence electrons. The third kappa shape index (κ3) is 3.41. The number of benzene rings is 2. The van der Waals surface area contributed by atoms with Crippen LogP contribution in [-0.4, -0.2) is 8.07 Å². The van der Waals surface area contributed by atoms with Crippen molar-refractivity contribution in [2.45, 2.75) is 79.9 Å². The third-order valence-corrected chi connectivity index (χ3v) is 12.8. The number of hydrogen-bond acceptors (Lipinski definition) is 0. The minimum Gasteiger partial charge on any atom is -0.0700 e. The minimum absolute atomic E-state index is 0.491. The van der Waals surface area contributed by atoms with E-state index in [-0.39, 0.29) is 0 Å². The van der Waals surface area contributed by atoms with E-state index in [9.17, 15) is 0 Å². The molecule has 0 nitrogen and oxygen atoms in total. The summed E-state index contributed by atoms with van der Waals surface area (Å²) in [5.74, 6) is 1.10. The second kappa shape index (κ2) is 8.03. The first kappa shape index (κ1) is 23.0. The monoisotopic (exact) mass is 440 g/mol. The quantitative estimate of drug-likeness (QED) is 0.416. The van der Waals surface area contributed by atoms with Gasteiger partial charge >= 0.3 is 0 Å². The largest absolute Gasteiger partial charge is 0.0888 e. The van der Waals surface area contributed by atoms with Crippen LogP contribution in [0.4, 0.5) is 0 Å². The number of rotatable bonds is 4. The Kier molecular flexibility index (Phi) is 5.78. The molecular formula is C31H40Si. The Labute approximate surface area is 197 Å². The molecule has 1 heteroatoms. The van der Waals surface area contributed by atoms with E-state index in [4.69, 9.17) is 0 Å². The van der Waals surface area contributed by atoms with Crippen molar-refractivity contribution in [3.05, 3.63) is 91.7 Å². The third-order valence-electron chi connectivity index (χ3n) is 8.51. The maximum absolute atomic E-state index is 2.63. The lowest BCUT2D eigenvalue weighted by Gasteiger charge is -2.38. The standard InChI is InChI=1S/C31H40Si/c1-18(2)27-15-19(3)16-28(24(27)8)29-17-25-13-11-12-14-26(25)31(29)32(9,10)30-22(6)20(4)21(5)23(30)7/h11-18,22,31H,1-10H3. The molecule has 0 N–H and O–H groups in total. The molecule has 0 spiro atoms. The molecule has 2 aliphatic carbocycles. The zero-order valence-corrected chi connectivity index (χ0v) is 22.8. The molecule has 4 rings (SSSR count). The summed E-state index contributed by atoms with van der Waals surface area (Å²) in [5.41, 5.74) is 15.5. The molecule has 0 radical (unpaired) electrons. The summed E-state index contributed by atoms with van der Waals surface area (Å²) >= 11 is 0. The van der Waals surface area contributed by atoms with Crippen LogP contribution in [0.25, 0.3) is 11.6 Å². The summed E-state index contributed by atoms with van der Waals surface area (Å²) in [6.45, 7) is 24.0. The smallest absolute Gasteiger partial charge is 0.0700 e. The van der Waals surface area contributed by atoms with Gasteiger partial charge in [-0.1, -0.05) is 98.2 Å². The van der Waals surface area contributed by atoms with E-state index in [0.717, 1.165) is 0 Å². The van der Waals surface area contributed by atoms with Crippen molar-refractivity contribution < 1.29 is 0 Å². The van der Waals surface area contributed by atoms with Crippen LogP contribution in [-0.2, 0) is 0 Å². The molecule has 0 amide bonds. The van der Waals surface area contributed by atoms with Gasteiger partial charge in [-0.3, -0.25) is 0 Å². The number of hydrogen-bond donors (Lipinski definition) is 0. The highest BCUT2D eigenvalue weighted by atomic mass is 28.3. The molecular weight excluding hydrogens is 400 g/mol. The molecule has 0 aromatic heterocycles. The fourth-order valence-electron chi connectivity index (χ4n) is 6.68. The summed E-state index contributed by atoms with van der Waals surface area (Å²) in [4.78, 5) is 0. The summed E-state index contributed by atoms with van der Waals surface area (Å²) in [5, 5.41) is 1.76. The van der Waals surface area contributed by atoms with Crippen molar-refractivity contribution >= 4 is 19.7 Å². The average molecular weight is 441 g/mol. The van der Waals surface area contributed by atoms with Gasteiger partial charge in [-0.25, -0.2) is 0 Å². The Morgan fingerprint density at radius 1 is 0.875 bits per heavy atom. The summed E-state index contributed by atoms with van der Waals surface area (Å²) in [6.07, 6.45) is 2.52. The molecule has 0 saturated carbocycles. The van der Waals surface area contributed by atoms with Gasteiger partial charge in [-0.15, -0.1) is 0 Å². The van der Waals surface area contributed by atoms with Crippen molar-refractivity contribution in [1.82, 2.24) is 0 Å². The molecule has 0 saturated heterocycles. The lowest BCUT2D eigenvalue weighted by Crippen LogP contribution is -2.40. The van der Waals surface area contributed by atoms with E-state index in [1.165, 1.54) is 33.4 Å². The summed E-state index contributed by atoms with van der Waals surface area (Å²) in [7, 11) is -1.86. The molecule has 0 heterocycles. The predicted molar refractivity (Wildman–Crippen MR) is 145 cm³/mol. The van der Waals surface area contributed by atoms with E-state index >= 15 is 0 Å². The molecule has 2 unspecified atom stereocenters. The van der Waals surface area contributed by atoms with Crippen molar-refractivity contribution in [2.24, 2.45) is 5.92 Å². The van der Waals surface area contributed by atoms with E-state index in [1.54, 1.807) is 27.5 Å². The van der Waals surface area contributed by atoms with E-state index in [0.29, 0.717) is 17.4 Å². The Morgan fingerprint density at radius 3 is 2.12 bits per heavy atom. The number of aryl methyl sites for hydroxylation is 1. The maximum atomic E-state index is 2.63. The Balaban J connectivity index is 1.95. The van der Waals surface area contributed by atoms with Gasteiger partial charge in [-0.2, -0.15) is 0 Å². The second-order valence-electron chi connectivity index (χ2n) is 11.1. The lowest BCUT2D eigenvalue weighted by molar-refractivity contribution is 0.841. The average Bonchev–Trinajstić information content (AvgIpc) is 3.21. The highest BCUT2D eigenvalue weighted by Gasteiger charge is 2.46. The highest BCUT2D eigenvalue weighted by Crippen LogP contribution is 2.54. The second-order valence-corrected chi connectivity index (χ2v) is 15.7. The van der Waals surface area contributed by atoms with Gasteiger partial charge in [0.2, 0.25) is 0 Å². The van der Waals surface area contributed by atoms with Gasteiger partial charge in [-0.05, 0) is 85.4 Å². The van der Waals surface area contributed by atoms with Crippen LogP contribution in [0, 0.1) is 19.8 Å².